The fourth-order valence-electron chi connectivity index (χ4n) is 1.84. The van der Waals surface area contributed by atoms with Crippen molar-refractivity contribution in [3.63, 3.8) is 0 Å². The Morgan fingerprint density at radius 1 is 1.44 bits per heavy atom. The summed E-state index contributed by atoms with van der Waals surface area (Å²) in [4.78, 5) is 8.94. The second-order valence-corrected chi connectivity index (χ2v) is 4.33. The molecule has 16 heavy (non-hydrogen) atoms. The van der Waals surface area contributed by atoms with Gasteiger partial charge in [-0.2, -0.15) is 0 Å². The van der Waals surface area contributed by atoms with Gasteiger partial charge in [0.1, 0.15) is 11.3 Å². The maximum absolute atomic E-state index is 6.17. The number of pyridine rings is 1. The van der Waals surface area contributed by atoms with Crippen LogP contribution in [0.4, 0.5) is 0 Å². The minimum absolute atomic E-state index is 0.0332. The maximum atomic E-state index is 6.17. The lowest BCUT2D eigenvalue weighted by Crippen LogP contribution is -2.21. The highest BCUT2D eigenvalue weighted by Crippen LogP contribution is 2.22. The van der Waals surface area contributed by atoms with E-state index in [1.165, 1.54) is 0 Å². The summed E-state index contributed by atoms with van der Waals surface area (Å²) in [6, 6.07) is 3.85. The number of nitrogens with zero attached hydrogens (tertiary/aromatic N) is 3. The molecule has 0 spiro atoms. The standard InChI is InChI=1S/C12H18N4/c1-4-16-11-9(6-5-7-14-11)15-12(16)10(13)8(2)3/h5-8,10H,4,13H2,1-3H3/t10-/m0/s1. The van der Waals surface area contributed by atoms with Gasteiger partial charge in [-0.15, -0.1) is 0 Å². The number of aryl methyl sites for hydroxylation is 1. The quantitative estimate of drug-likeness (QED) is 0.858. The molecule has 0 fully saturated rings. The van der Waals surface area contributed by atoms with Crippen LogP contribution in [-0.2, 0) is 6.54 Å². The summed E-state index contributed by atoms with van der Waals surface area (Å²) < 4.78 is 2.10. The average Bonchev–Trinajstić information content (AvgIpc) is 2.65. The highest BCUT2D eigenvalue weighted by atomic mass is 15.1. The van der Waals surface area contributed by atoms with E-state index in [4.69, 9.17) is 5.73 Å². The third-order valence-corrected chi connectivity index (χ3v) is 2.87. The maximum Gasteiger partial charge on any atom is 0.160 e. The highest BCUT2D eigenvalue weighted by Gasteiger charge is 2.19. The molecule has 0 aliphatic carbocycles. The zero-order valence-electron chi connectivity index (χ0n) is 10.0. The molecule has 1 atom stereocenters. The van der Waals surface area contributed by atoms with E-state index in [-0.39, 0.29) is 6.04 Å². The molecule has 2 rings (SSSR count). The molecule has 0 aliphatic rings. The predicted octanol–water partition coefficient (Wildman–Crippen LogP) is 2.11. The van der Waals surface area contributed by atoms with Gasteiger partial charge in [0, 0.05) is 12.7 Å². The summed E-state index contributed by atoms with van der Waals surface area (Å²) in [6.45, 7) is 7.16. The van der Waals surface area contributed by atoms with Gasteiger partial charge in [0.25, 0.3) is 0 Å². The average molecular weight is 218 g/mol. The van der Waals surface area contributed by atoms with E-state index >= 15 is 0 Å². The first kappa shape index (κ1) is 11.1. The molecule has 2 aromatic rings. The SMILES string of the molecule is CCn1c([C@@H](N)C(C)C)nc2cccnc21. The fraction of sp³-hybridized carbons (Fsp3) is 0.500. The first-order valence-corrected chi connectivity index (χ1v) is 5.71. The van der Waals surface area contributed by atoms with Crippen LogP contribution < -0.4 is 5.73 Å². The van der Waals surface area contributed by atoms with Crippen LogP contribution in [0.25, 0.3) is 11.2 Å². The Morgan fingerprint density at radius 3 is 2.81 bits per heavy atom. The summed E-state index contributed by atoms with van der Waals surface area (Å²) in [6.07, 6.45) is 1.79. The fourth-order valence-corrected chi connectivity index (χ4v) is 1.84. The number of hydrogen-bond donors (Lipinski definition) is 1. The second-order valence-electron chi connectivity index (χ2n) is 4.33. The molecule has 2 N–H and O–H groups in total. The Kier molecular flexibility index (Phi) is 2.92. The van der Waals surface area contributed by atoms with Crippen LogP contribution in [0, 0.1) is 5.92 Å². The van der Waals surface area contributed by atoms with Gasteiger partial charge in [0.15, 0.2) is 5.65 Å². The highest BCUT2D eigenvalue weighted by molar-refractivity contribution is 5.71. The number of nitrogens with two attached hydrogens (primary N) is 1. The lowest BCUT2D eigenvalue weighted by molar-refractivity contribution is 0.472. The smallest absolute Gasteiger partial charge is 0.160 e. The van der Waals surface area contributed by atoms with Crippen LogP contribution in [-0.4, -0.2) is 14.5 Å². The van der Waals surface area contributed by atoms with Crippen molar-refractivity contribution in [2.24, 2.45) is 11.7 Å². The van der Waals surface area contributed by atoms with E-state index in [1.807, 2.05) is 12.1 Å². The monoisotopic (exact) mass is 218 g/mol. The van der Waals surface area contributed by atoms with E-state index in [9.17, 15) is 0 Å². The molecule has 0 saturated carbocycles. The van der Waals surface area contributed by atoms with E-state index in [1.54, 1.807) is 6.20 Å². The van der Waals surface area contributed by atoms with Crippen LogP contribution in [0.2, 0.25) is 0 Å². The van der Waals surface area contributed by atoms with Gasteiger partial charge in [0.05, 0.1) is 6.04 Å². The Morgan fingerprint density at radius 2 is 2.19 bits per heavy atom. The molecule has 0 amide bonds. The van der Waals surface area contributed by atoms with Gasteiger partial charge in [-0.1, -0.05) is 13.8 Å². The molecule has 0 aromatic carbocycles. The van der Waals surface area contributed by atoms with Crippen molar-refractivity contribution in [1.82, 2.24) is 14.5 Å². The molecule has 0 unspecified atom stereocenters. The van der Waals surface area contributed by atoms with Crippen molar-refractivity contribution in [1.29, 1.82) is 0 Å². The van der Waals surface area contributed by atoms with E-state index < -0.39 is 0 Å². The molecule has 0 aliphatic heterocycles. The van der Waals surface area contributed by atoms with Crippen LogP contribution >= 0.6 is 0 Å². The van der Waals surface area contributed by atoms with Crippen LogP contribution in [0.1, 0.15) is 32.6 Å². The molecule has 2 aromatic heterocycles. The minimum atomic E-state index is -0.0332. The van der Waals surface area contributed by atoms with Gasteiger partial charge in [-0.3, -0.25) is 0 Å². The largest absolute Gasteiger partial charge is 0.321 e. The first-order chi connectivity index (χ1) is 7.65. The van der Waals surface area contributed by atoms with Crippen LogP contribution in [0.5, 0.6) is 0 Å². The first-order valence-electron chi connectivity index (χ1n) is 5.71. The molecular weight excluding hydrogens is 200 g/mol. The predicted molar refractivity (Wildman–Crippen MR) is 65.0 cm³/mol. The zero-order chi connectivity index (χ0) is 11.7. The molecule has 86 valence electrons. The van der Waals surface area contributed by atoms with Crippen LogP contribution in [0.15, 0.2) is 18.3 Å². The van der Waals surface area contributed by atoms with Crippen LogP contribution in [0.3, 0.4) is 0 Å². The van der Waals surface area contributed by atoms with Gasteiger partial charge in [-0.25, -0.2) is 9.97 Å². The van der Waals surface area contributed by atoms with Crippen molar-refractivity contribution < 1.29 is 0 Å². The third kappa shape index (κ3) is 1.69. The van der Waals surface area contributed by atoms with Gasteiger partial charge in [0.2, 0.25) is 0 Å². The van der Waals surface area contributed by atoms with Gasteiger partial charge < -0.3 is 10.3 Å². The Labute approximate surface area is 95.5 Å². The van der Waals surface area contributed by atoms with E-state index in [2.05, 4.69) is 35.3 Å². The Bertz CT molecular complexity index is 487. The molecular formula is C12H18N4. The van der Waals surface area contributed by atoms with Gasteiger partial charge in [-0.05, 0) is 25.0 Å². The lowest BCUT2D eigenvalue weighted by atomic mass is 10.1. The van der Waals surface area contributed by atoms with Crippen molar-refractivity contribution in [3.8, 4) is 0 Å². The third-order valence-electron chi connectivity index (χ3n) is 2.87. The summed E-state index contributed by atoms with van der Waals surface area (Å²) in [5.41, 5.74) is 8.02. The van der Waals surface area contributed by atoms with Crippen molar-refractivity contribution in [2.75, 3.05) is 0 Å². The number of rotatable bonds is 3. The number of fused-ring (bicyclic) bond motifs is 1. The topological polar surface area (TPSA) is 56.7 Å². The minimum Gasteiger partial charge on any atom is -0.321 e. The summed E-state index contributed by atoms with van der Waals surface area (Å²) in [5.74, 6) is 1.31. The van der Waals surface area contributed by atoms with E-state index in [0.29, 0.717) is 5.92 Å². The Balaban J connectivity index is 2.60. The molecule has 0 radical (unpaired) electrons. The molecule has 0 bridgehead atoms. The number of hydrogen-bond acceptors (Lipinski definition) is 3. The number of imidazole rings is 1. The summed E-state index contributed by atoms with van der Waals surface area (Å²) in [7, 11) is 0. The molecule has 4 nitrogen and oxygen atoms in total. The summed E-state index contributed by atoms with van der Waals surface area (Å²) in [5, 5.41) is 0. The number of aromatic nitrogens is 3. The molecule has 4 heteroatoms. The van der Waals surface area contributed by atoms with Crippen molar-refractivity contribution in [2.45, 2.75) is 33.4 Å². The Hall–Kier alpha value is -1.42. The lowest BCUT2D eigenvalue weighted by Gasteiger charge is -2.16. The molecule has 2 heterocycles. The van der Waals surface area contributed by atoms with Crippen molar-refractivity contribution in [3.05, 3.63) is 24.2 Å². The zero-order valence-corrected chi connectivity index (χ0v) is 10.0. The van der Waals surface area contributed by atoms with Crippen molar-refractivity contribution >= 4 is 11.2 Å². The summed E-state index contributed by atoms with van der Waals surface area (Å²) >= 11 is 0. The van der Waals surface area contributed by atoms with Gasteiger partial charge >= 0.3 is 0 Å². The molecule has 0 saturated heterocycles. The van der Waals surface area contributed by atoms with E-state index in [0.717, 1.165) is 23.5 Å². The normalized spacial score (nSPS) is 13.6. The second kappa shape index (κ2) is 4.22.